The van der Waals surface area contributed by atoms with Gasteiger partial charge in [0.15, 0.2) is 0 Å². The Kier molecular flexibility index (Phi) is 8.75. The van der Waals surface area contributed by atoms with Crippen LogP contribution in [-0.2, 0) is 40.5 Å². The number of hydrogen-bond donors (Lipinski definition) is 7. The Balaban J connectivity index is 1.82. The molecule has 0 saturated carbocycles. The van der Waals surface area contributed by atoms with Crippen molar-refractivity contribution in [1.29, 1.82) is 0 Å². The summed E-state index contributed by atoms with van der Waals surface area (Å²) in [6.07, 6.45) is 0. The molecule has 0 aliphatic rings. The predicted octanol–water partition coefficient (Wildman–Crippen LogP) is 2.22. The summed E-state index contributed by atoms with van der Waals surface area (Å²) in [5.41, 5.74) is 4.62. The third kappa shape index (κ3) is 7.16. The first-order valence-corrected chi connectivity index (χ1v) is 17.9. The van der Waals surface area contributed by atoms with Crippen molar-refractivity contribution in [2.45, 2.75) is 26.5 Å². The first-order chi connectivity index (χ1) is 21.0. The van der Waals surface area contributed by atoms with E-state index in [1.54, 1.807) is 0 Å². The number of nitrogens with two attached hydrogens (primary N) is 1. The first-order valence-electron chi connectivity index (χ1n) is 12.1. The molecule has 0 aromatic heterocycles. The van der Waals surface area contributed by atoms with Crippen molar-refractivity contribution in [1.82, 2.24) is 0 Å². The van der Waals surface area contributed by atoms with Crippen molar-refractivity contribution in [3.05, 3.63) is 77.4 Å². The van der Waals surface area contributed by atoms with Crippen molar-refractivity contribution >= 4 is 80.1 Å². The lowest BCUT2D eigenvalue weighted by Gasteiger charge is -2.16. The van der Waals surface area contributed by atoms with E-state index >= 15 is 0 Å². The molecule has 0 aliphatic heterocycles. The predicted molar refractivity (Wildman–Crippen MR) is 161 cm³/mol. The SMILES string of the molecule is Cc1ccc(C(=O)Nc2ccc(S(=O)(=O)O)c3cc(S(=O)(=O)O)cc(S(=O)(=O)O)c23)cc1NC(=O)c1ccc(N)cc1S(=O)(=O)O. The number of nitrogens with one attached hydrogen (secondary N) is 2. The molecule has 244 valence electrons. The van der Waals surface area contributed by atoms with Gasteiger partial charge in [-0.2, -0.15) is 33.7 Å². The topological polar surface area (TPSA) is 302 Å². The Labute approximate surface area is 261 Å². The minimum Gasteiger partial charge on any atom is -0.399 e. The van der Waals surface area contributed by atoms with Crippen molar-refractivity contribution < 1.29 is 61.5 Å². The van der Waals surface area contributed by atoms with Gasteiger partial charge in [0.25, 0.3) is 52.3 Å². The van der Waals surface area contributed by atoms with Gasteiger partial charge in [0.05, 0.1) is 16.1 Å². The molecule has 4 aromatic carbocycles. The van der Waals surface area contributed by atoms with Gasteiger partial charge < -0.3 is 16.4 Å². The fourth-order valence-electron chi connectivity index (χ4n) is 4.30. The van der Waals surface area contributed by atoms with Gasteiger partial charge in [-0.1, -0.05) is 6.07 Å². The molecule has 0 atom stereocenters. The van der Waals surface area contributed by atoms with Crippen LogP contribution in [0.25, 0.3) is 10.8 Å². The summed E-state index contributed by atoms with van der Waals surface area (Å²) in [6, 6.07) is 9.17. The van der Waals surface area contributed by atoms with Crippen LogP contribution in [0.15, 0.2) is 80.2 Å². The average Bonchev–Trinajstić information content (AvgIpc) is 2.91. The Morgan fingerprint density at radius 1 is 0.609 bits per heavy atom. The molecule has 4 rings (SSSR count). The molecule has 21 heteroatoms. The molecule has 0 saturated heterocycles. The number of carbonyl (C=O) groups is 2. The van der Waals surface area contributed by atoms with E-state index in [2.05, 4.69) is 10.6 Å². The molecule has 46 heavy (non-hydrogen) atoms. The molecular weight excluding hydrogens is 695 g/mol. The van der Waals surface area contributed by atoms with Crippen molar-refractivity contribution in [2.75, 3.05) is 16.4 Å². The van der Waals surface area contributed by atoms with Gasteiger partial charge in [0.2, 0.25) is 0 Å². The van der Waals surface area contributed by atoms with Gasteiger partial charge in [0, 0.05) is 27.7 Å². The van der Waals surface area contributed by atoms with Crippen LogP contribution < -0.4 is 16.4 Å². The Bertz CT molecular complexity index is 2430. The van der Waals surface area contributed by atoms with Gasteiger partial charge in [-0.3, -0.25) is 27.8 Å². The monoisotopic (exact) mass is 715 g/mol. The van der Waals surface area contributed by atoms with Crippen LogP contribution in [0, 0.1) is 6.92 Å². The molecule has 2 amide bonds. The van der Waals surface area contributed by atoms with Crippen LogP contribution in [-0.4, -0.2) is 63.7 Å². The van der Waals surface area contributed by atoms with E-state index in [0.29, 0.717) is 23.8 Å². The standard InChI is InChI=1S/C25H21N3O14S4/c1-12-2-3-13(8-19(12)28-25(30)16-5-4-14(26)9-21(16)45(37,38)39)24(29)27-18-6-7-20(44(34,35)36)17-10-15(43(31,32)33)11-22(23(17)18)46(40,41)42/h2-11H,26H2,1H3,(H,27,29)(H,28,30)(H,31,32,33)(H,34,35,36)(H,37,38,39)(H,40,41,42). The van der Waals surface area contributed by atoms with Gasteiger partial charge in [0.1, 0.15) is 14.7 Å². The maximum absolute atomic E-state index is 13.3. The zero-order chi connectivity index (χ0) is 34.6. The highest BCUT2D eigenvalue weighted by Crippen LogP contribution is 2.37. The third-order valence-corrected chi connectivity index (χ3v) is 9.90. The summed E-state index contributed by atoms with van der Waals surface area (Å²) in [6.45, 7) is 1.51. The van der Waals surface area contributed by atoms with Crippen LogP contribution in [0.5, 0.6) is 0 Å². The third-order valence-electron chi connectivity index (χ3n) is 6.39. The van der Waals surface area contributed by atoms with E-state index in [0.717, 1.165) is 24.3 Å². The lowest BCUT2D eigenvalue weighted by molar-refractivity contribution is 0.101. The number of carbonyl (C=O) groups excluding carboxylic acids is 2. The summed E-state index contributed by atoms with van der Waals surface area (Å²) >= 11 is 0. The fourth-order valence-corrected chi connectivity index (χ4v) is 7.06. The van der Waals surface area contributed by atoms with E-state index in [9.17, 15) is 61.5 Å². The summed E-state index contributed by atoms with van der Waals surface area (Å²) in [5.74, 6) is -2.05. The minimum atomic E-state index is -5.39. The normalized spacial score (nSPS) is 12.5. The summed E-state index contributed by atoms with van der Waals surface area (Å²) in [4.78, 5) is 22.0. The summed E-state index contributed by atoms with van der Waals surface area (Å²) in [5, 5.41) is 3.09. The highest BCUT2D eigenvalue weighted by Gasteiger charge is 2.28. The van der Waals surface area contributed by atoms with Crippen LogP contribution in [0.2, 0.25) is 0 Å². The minimum absolute atomic E-state index is 0.0289. The summed E-state index contributed by atoms with van der Waals surface area (Å²) < 4.78 is 134. The van der Waals surface area contributed by atoms with Gasteiger partial charge in [-0.25, -0.2) is 0 Å². The van der Waals surface area contributed by atoms with E-state index in [1.807, 2.05) is 0 Å². The molecule has 0 bridgehead atoms. The smallest absolute Gasteiger partial charge is 0.295 e. The van der Waals surface area contributed by atoms with E-state index in [1.165, 1.54) is 25.1 Å². The molecule has 17 nitrogen and oxygen atoms in total. The Hall–Kier alpha value is -4.48. The lowest BCUT2D eigenvalue weighted by Crippen LogP contribution is -2.18. The molecule has 4 aromatic rings. The van der Waals surface area contributed by atoms with E-state index in [-0.39, 0.29) is 16.9 Å². The summed E-state index contributed by atoms with van der Waals surface area (Å²) in [7, 11) is -20.6. The number of hydrogen-bond acceptors (Lipinski definition) is 11. The van der Waals surface area contributed by atoms with Crippen LogP contribution in [0.4, 0.5) is 17.1 Å². The van der Waals surface area contributed by atoms with Gasteiger partial charge in [-0.05, 0) is 67.1 Å². The van der Waals surface area contributed by atoms with Crippen molar-refractivity contribution in [2.24, 2.45) is 0 Å². The number of amides is 2. The van der Waals surface area contributed by atoms with Crippen molar-refractivity contribution in [3.8, 4) is 0 Å². The molecule has 8 N–H and O–H groups in total. The molecular formula is C25H21N3O14S4. The Morgan fingerprint density at radius 2 is 1.20 bits per heavy atom. The second kappa shape index (κ2) is 11.7. The second-order valence-electron chi connectivity index (χ2n) is 9.55. The van der Waals surface area contributed by atoms with E-state index < -0.39 is 93.9 Å². The van der Waals surface area contributed by atoms with Crippen molar-refractivity contribution in [3.63, 3.8) is 0 Å². The number of anilines is 3. The van der Waals surface area contributed by atoms with Gasteiger partial charge >= 0.3 is 0 Å². The highest BCUT2D eigenvalue weighted by atomic mass is 32.2. The average molecular weight is 716 g/mol. The van der Waals surface area contributed by atoms with E-state index in [4.69, 9.17) is 5.73 Å². The van der Waals surface area contributed by atoms with Crippen LogP contribution >= 0.6 is 0 Å². The molecule has 0 heterocycles. The quantitative estimate of drug-likeness (QED) is 0.102. The number of aryl methyl sites for hydroxylation is 1. The molecule has 0 radical (unpaired) electrons. The molecule has 0 aliphatic carbocycles. The molecule has 0 unspecified atom stereocenters. The van der Waals surface area contributed by atoms with Crippen LogP contribution in [0.3, 0.4) is 0 Å². The largest absolute Gasteiger partial charge is 0.399 e. The maximum atomic E-state index is 13.3. The number of rotatable bonds is 8. The molecule has 0 fully saturated rings. The Morgan fingerprint density at radius 3 is 1.76 bits per heavy atom. The molecule has 0 spiro atoms. The number of benzene rings is 4. The second-order valence-corrected chi connectivity index (χ2v) is 15.1. The first kappa shape index (κ1) is 34.4. The van der Waals surface area contributed by atoms with Gasteiger partial charge in [-0.15, -0.1) is 0 Å². The van der Waals surface area contributed by atoms with Crippen LogP contribution in [0.1, 0.15) is 26.3 Å². The zero-order valence-electron chi connectivity index (χ0n) is 22.9. The fraction of sp³-hybridized carbons (Fsp3) is 0.0400. The number of fused-ring (bicyclic) bond motifs is 1. The number of nitrogen functional groups attached to an aromatic ring is 1. The maximum Gasteiger partial charge on any atom is 0.295 e. The zero-order valence-corrected chi connectivity index (χ0v) is 26.1. The lowest BCUT2D eigenvalue weighted by atomic mass is 10.1. The highest BCUT2D eigenvalue weighted by molar-refractivity contribution is 7.87.